The Morgan fingerprint density at radius 3 is 2.51 bits per heavy atom. The minimum absolute atomic E-state index is 0.104. The Morgan fingerprint density at radius 2 is 1.88 bits per heavy atom. The van der Waals surface area contributed by atoms with E-state index in [1.54, 1.807) is 44.2 Å². The number of ether oxygens (including phenoxy) is 2. The third-order valence-corrected chi connectivity index (χ3v) is 8.40. The van der Waals surface area contributed by atoms with E-state index in [-0.39, 0.29) is 5.75 Å². The third-order valence-electron chi connectivity index (χ3n) is 6.52. The van der Waals surface area contributed by atoms with Crippen LogP contribution in [0.15, 0.2) is 70.4 Å². The van der Waals surface area contributed by atoms with Gasteiger partial charge in [0.1, 0.15) is 24.0 Å². The summed E-state index contributed by atoms with van der Waals surface area (Å²) in [6.07, 6.45) is -4.34. The maximum Gasteiger partial charge on any atom is 0.459 e. The topological polar surface area (TPSA) is 158 Å². The average molecular weight is 640 g/mol. The van der Waals surface area contributed by atoms with E-state index in [2.05, 4.69) is 5.09 Å². The molecular weight excluding hydrogens is 608 g/mol. The molecule has 3 N–H and O–H groups in total. The van der Waals surface area contributed by atoms with Crippen molar-refractivity contribution in [1.82, 2.24) is 14.6 Å². The second-order valence-corrected chi connectivity index (χ2v) is 12.5. The summed E-state index contributed by atoms with van der Waals surface area (Å²) < 4.78 is 52.4. The highest BCUT2D eigenvalue weighted by atomic mass is 35.5. The molecule has 3 aromatic rings. The van der Waals surface area contributed by atoms with Gasteiger partial charge in [0.05, 0.1) is 12.7 Å². The zero-order valence-electron chi connectivity index (χ0n) is 23.7. The number of carbonyl (C=O) groups excluding carboxylic acids is 1. The minimum atomic E-state index is -4.42. The van der Waals surface area contributed by atoms with Gasteiger partial charge >= 0.3 is 19.4 Å². The third kappa shape index (κ3) is 7.80. The van der Waals surface area contributed by atoms with Crippen molar-refractivity contribution in [3.05, 3.63) is 86.7 Å². The van der Waals surface area contributed by atoms with Crippen molar-refractivity contribution in [1.29, 1.82) is 0 Å². The maximum atomic E-state index is 15.6. The van der Waals surface area contributed by atoms with Crippen LogP contribution in [0.4, 0.5) is 4.39 Å². The molecule has 2 heterocycles. The van der Waals surface area contributed by atoms with Crippen molar-refractivity contribution < 1.29 is 37.4 Å². The predicted molar refractivity (Wildman–Crippen MR) is 156 cm³/mol. The number of aromatic amines is 1. The van der Waals surface area contributed by atoms with Crippen LogP contribution in [0, 0.1) is 0 Å². The van der Waals surface area contributed by atoms with Crippen LogP contribution in [-0.4, -0.2) is 57.3 Å². The number of aromatic nitrogens is 2. The van der Waals surface area contributed by atoms with Gasteiger partial charge < -0.3 is 19.1 Å². The van der Waals surface area contributed by atoms with Gasteiger partial charge in [-0.1, -0.05) is 35.9 Å². The van der Waals surface area contributed by atoms with E-state index in [0.29, 0.717) is 5.02 Å². The lowest BCUT2D eigenvalue weighted by atomic mass is 9.98. The summed E-state index contributed by atoms with van der Waals surface area (Å²) in [5.74, 6) is -0.628. The number of nitrogens with one attached hydrogen (secondary N) is 2. The molecule has 0 amide bonds. The van der Waals surface area contributed by atoms with Gasteiger partial charge in [-0.2, -0.15) is 5.09 Å². The number of hydrogen-bond acceptors (Lipinski definition) is 9. The van der Waals surface area contributed by atoms with Crippen LogP contribution in [0.2, 0.25) is 5.02 Å². The lowest BCUT2D eigenvalue weighted by molar-refractivity contribution is -0.149. The van der Waals surface area contributed by atoms with Crippen LogP contribution >= 0.6 is 19.3 Å². The molecular formula is C28H32ClFN3O9P. The first-order valence-electron chi connectivity index (χ1n) is 13.3. The first kappa shape index (κ1) is 32.6. The van der Waals surface area contributed by atoms with Gasteiger partial charge in [-0.25, -0.2) is 13.8 Å². The number of esters is 1. The van der Waals surface area contributed by atoms with Crippen molar-refractivity contribution in [2.75, 3.05) is 6.61 Å². The van der Waals surface area contributed by atoms with Crippen LogP contribution in [0.5, 0.6) is 5.75 Å². The second kappa shape index (κ2) is 13.1. The molecule has 0 aliphatic carbocycles. The van der Waals surface area contributed by atoms with E-state index in [0.717, 1.165) is 34.9 Å². The molecule has 0 radical (unpaired) electrons. The number of aliphatic hydroxyl groups is 1. The molecule has 1 unspecified atom stereocenters. The lowest BCUT2D eigenvalue weighted by Gasteiger charge is -2.25. The number of carbonyl (C=O) groups is 1. The van der Waals surface area contributed by atoms with Gasteiger partial charge in [0.15, 0.2) is 11.9 Å². The quantitative estimate of drug-likeness (QED) is 0.207. The fraction of sp³-hybridized carbons (Fsp3) is 0.393. The van der Waals surface area contributed by atoms with Crippen molar-refractivity contribution in [2.45, 2.75) is 63.9 Å². The molecule has 0 bridgehead atoms. The lowest BCUT2D eigenvalue weighted by Crippen LogP contribution is -2.43. The molecule has 0 saturated carbocycles. The number of hydrogen-bond donors (Lipinski definition) is 3. The summed E-state index contributed by atoms with van der Waals surface area (Å²) in [4.78, 5) is 38.2. The van der Waals surface area contributed by atoms with Gasteiger partial charge in [-0.3, -0.25) is 23.7 Å². The van der Waals surface area contributed by atoms with Crippen molar-refractivity contribution in [3.8, 4) is 16.9 Å². The van der Waals surface area contributed by atoms with Crippen molar-refractivity contribution in [3.63, 3.8) is 0 Å². The SMILES string of the molecule is CC(C)OC(=O)[C@H](C)NP(=O)(OC[C@H]1O[C@@H](n2ccc(=O)[nH]c2=O)[C@](C)(F)[C@@H]1O)Oc1ccc(-c2cccc(Cl)c2)cc1. The molecule has 12 nitrogen and oxygen atoms in total. The Morgan fingerprint density at radius 1 is 1.19 bits per heavy atom. The van der Waals surface area contributed by atoms with Gasteiger partial charge in [0.25, 0.3) is 5.56 Å². The second-order valence-electron chi connectivity index (χ2n) is 10.4. The van der Waals surface area contributed by atoms with E-state index in [9.17, 15) is 24.1 Å². The molecule has 15 heteroatoms. The molecule has 0 spiro atoms. The zero-order valence-corrected chi connectivity index (χ0v) is 25.4. The van der Waals surface area contributed by atoms with Crippen LogP contribution in [0.1, 0.15) is 33.9 Å². The van der Waals surface area contributed by atoms with Crippen molar-refractivity contribution >= 4 is 25.3 Å². The van der Waals surface area contributed by atoms with E-state index in [1.807, 2.05) is 11.1 Å². The number of H-pyrrole nitrogens is 1. The normalized spacial score (nSPS) is 24.0. The molecule has 43 heavy (non-hydrogen) atoms. The molecule has 1 aliphatic rings. The monoisotopic (exact) mass is 639 g/mol. The minimum Gasteiger partial charge on any atom is -0.462 e. The highest BCUT2D eigenvalue weighted by Crippen LogP contribution is 2.47. The Balaban J connectivity index is 1.55. The standard InChI is InChI=1S/C28H32ClFN3O9P/c1-16(2)40-25(36)17(3)32-43(38,42-21-10-8-18(9-11-21)19-6-5-7-20(29)14-19)39-15-22-24(35)28(4,30)26(41-22)33-13-12-23(34)31-27(33)37/h5-14,16-17,22,24,26,35H,15H2,1-4H3,(H,32,38)(H,31,34,37)/t17-,22+,24+,26+,28+,43?/m0/s1. The largest absolute Gasteiger partial charge is 0.462 e. The van der Waals surface area contributed by atoms with Crippen LogP contribution in [0.25, 0.3) is 11.1 Å². The first-order chi connectivity index (χ1) is 20.2. The summed E-state index contributed by atoms with van der Waals surface area (Å²) in [6, 6.07) is 13.5. The molecule has 1 aliphatic heterocycles. The zero-order chi connectivity index (χ0) is 31.5. The smallest absolute Gasteiger partial charge is 0.459 e. The van der Waals surface area contributed by atoms with Gasteiger partial charge in [-0.05, 0) is 63.1 Å². The molecule has 2 aromatic carbocycles. The Hall–Kier alpha value is -3.32. The first-order valence-corrected chi connectivity index (χ1v) is 15.2. The summed E-state index contributed by atoms with van der Waals surface area (Å²) in [6.45, 7) is 5.03. The predicted octanol–water partition coefficient (Wildman–Crippen LogP) is 3.98. The number of alkyl halides is 1. The number of aliphatic hydroxyl groups excluding tert-OH is 1. The van der Waals surface area contributed by atoms with E-state index in [4.69, 9.17) is 30.1 Å². The van der Waals surface area contributed by atoms with Crippen LogP contribution in [-0.2, 0) is 23.4 Å². The number of rotatable bonds is 11. The van der Waals surface area contributed by atoms with Gasteiger partial charge in [-0.15, -0.1) is 0 Å². The summed E-state index contributed by atoms with van der Waals surface area (Å²) in [5.41, 5.74) is -2.54. The molecule has 1 aromatic heterocycles. The molecule has 4 rings (SSSR count). The Labute approximate surface area is 251 Å². The van der Waals surface area contributed by atoms with E-state index in [1.165, 1.54) is 19.1 Å². The van der Waals surface area contributed by atoms with E-state index < -0.39 is 67.8 Å². The number of nitrogens with zero attached hydrogens (tertiary/aromatic N) is 1. The van der Waals surface area contributed by atoms with Gasteiger partial charge in [0, 0.05) is 17.3 Å². The molecule has 232 valence electrons. The fourth-order valence-electron chi connectivity index (χ4n) is 4.36. The summed E-state index contributed by atoms with van der Waals surface area (Å²) in [5, 5.41) is 13.8. The van der Waals surface area contributed by atoms with E-state index >= 15 is 4.39 Å². The van der Waals surface area contributed by atoms with Crippen molar-refractivity contribution in [2.24, 2.45) is 0 Å². The van der Waals surface area contributed by atoms with Crippen LogP contribution in [0.3, 0.4) is 0 Å². The number of halogens is 2. The molecule has 1 fully saturated rings. The molecule has 1 saturated heterocycles. The highest BCUT2D eigenvalue weighted by molar-refractivity contribution is 7.52. The van der Waals surface area contributed by atoms with Gasteiger partial charge in [0.2, 0.25) is 0 Å². The summed E-state index contributed by atoms with van der Waals surface area (Å²) in [7, 11) is -4.42. The molecule has 6 atom stereocenters. The maximum absolute atomic E-state index is 15.6. The fourth-order valence-corrected chi connectivity index (χ4v) is 6.06. The highest BCUT2D eigenvalue weighted by Gasteiger charge is 2.56. The Bertz CT molecular complexity index is 1610. The number of benzene rings is 2. The Kier molecular flexibility index (Phi) is 9.95. The van der Waals surface area contributed by atoms with Crippen LogP contribution < -0.4 is 20.9 Å². The summed E-state index contributed by atoms with van der Waals surface area (Å²) >= 11 is 6.09. The average Bonchev–Trinajstić information content (AvgIpc) is 3.15.